The highest BCUT2D eigenvalue weighted by molar-refractivity contribution is 7.89. The topological polar surface area (TPSA) is 83.5 Å². The number of carboxylic acids is 1. The summed E-state index contributed by atoms with van der Waals surface area (Å²) in [5.41, 5.74) is 0.193. The van der Waals surface area contributed by atoms with Crippen molar-refractivity contribution in [1.29, 1.82) is 0 Å². The van der Waals surface area contributed by atoms with Gasteiger partial charge in [-0.3, -0.25) is 4.79 Å². The SMILES string of the molecule is CC(C)Cc1ccc(S(=O)(=O)NCC2(C(=O)O)CC2)cc1. The van der Waals surface area contributed by atoms with Crippen molar-refractivity contribution in [3.63, 3.8) is 0 Å². The van der Waals surface area contributed by atoms with Crippen molar-refractivity contribution < 1.29 is 18.3 Å². The second-order valence-electron chi connectivity index (χ2n) is 6.15. The molecule has 1 saturated carbocycles. The van der Waals surface area contributed by atoms with Crippen LogP contribution in [0.3, 0.4) is 0 Å². The molecule has 1 aromatic rings. The summed E-state index contributed by atoms with van der Waals surface area (Å²) in [5, 5.41) is 9.06. The van der Waals surface area contributed by atoms with Gasteiger partial charge in [0.2, 0.25) is 10.0 Å². The maximum atomic E-state index is 12.2. The number of rotatable bonds is 7. The number of nitrogens with one attached hydrogen (secondary N) is 1. The van der Waals surface area contributed by atoms with Gasteiger partial charge in [0.05, 0.1) is 10.3 Å². The third-order valence-electron chi connectivity index (χ3n) is 3.79. The Morgan fingerprint density at radius 3 is 2.29 bits per heavy atom. The zero-order valence-electron chi connectivity index (χ0n) is 12.3. The second kappa shape index (κ2) is 5.77. The standard InChI is InChI=1S/C15H21NO4S/c1-11(2)9-12-3-5-13(6-4-12)21(19,20)16-10-15(7-8-15)14(17)18/h3-6,11,16H,7-10H2,1-2H3,(H,17,18). The van der Waals surface area contributed by atoms with E-state index in [0.717, 1.165) is 12.0 Å². The molecule has 0 aromatic heterocycles. The monoisotopic (exact) mass is 311 g/mol. The first-order chi connectivity index (χ1) is 9.75. The summed E-state index contributed by atoms with van der Waals surface area (Å²) < 4.78 is 26.7. The molecule has 1 fully saturated rings. The molecule has 2 N–H and O–H groups in total. The smallest absolute Gasteiger partial charge is 0.310 e. The lowest BCUT2D eigenvalue weighted by Crippen LogP contribution is -2.34. The Balaban J connectivity index is 2.04. The van der Waals surface area contributed by atoms with Gasteiger partial charge in [0.1, 0.15) is 0 Å². The van der Waals surface area contributed by atoms with Crippen LogP contribution in [-0.2, 0) is 21.2 Å². The van der Waals surface area contributed by atoms with E-state index in [1.807, 2.05) is 0 Å². The van der Waals surface area contributed by atoms with Gasteiger partial charge in [-0.25, -0.2) is 13.1 Å². The number of hydrogen-bond donors (Lipinski definition) is 2. The van der Waals surface area contributed by atoms with Gasteiger partial charge in [0.15, 0.2) is 0 Å². The van der Waals surface area contributed by atoms with Crippen LogP contribution in [0.2, 0.25) is 0 Å². The van der Waals surface area contributed by atoms with Crippen molar-refractivity contribution in [2.75, 3.05) is 6.54 Å². The lowest BCUT2D eigenvalue weighted by Gasteiger charge is -2.12. The van der Waals surface area contributed by atoms with Gasteiger partial charge < -0.3 is 5.11 Å². The fourth-order valence-corrected chi connectivity index (χ4v) is 3.34. The fraction of sp³-hybridized carbons (Fsp3) is 0.533. The van der Waals surface area contributed by atoms with Crippen molar-refractivity contribution in [2.24, 2.45) is 11.3 Å². The largest absolute Gasteiger partial charge is 0.481 e. The van der Waals surface area contributed by atoms with Gasteiger partial charge in [-0.1, -0.05) is 26.0 Å². The molecule has 0 bridgehead atoms. The van der Waals surface area contributed by atoms with E-state index in [1.165, 1.54) is 0 Å². The number of aliphatic carboxylic acids is 1. The van der Waals surface area contributed by atoms with Crippen molar-refractivity contribution in [3.05, 3.63) is 29.8 Å². The summed E-state index contributed by atoms with van der Waals surface area (Å²) in [6.07, 6.45) is 1.95. The first-order valence-corrected chi connectivity index (χ1v) is 8.55. The molecule has 0 unspecified atom stereocenters. The maximum absolute atomic E-state index is 12.2. The minimum absolute atomic E-state index is 0.0432. The first kappa shape index (κ1) is 16.0. The molecular formula is C15H21NO4S. The number of carboxylic acid groups (broad SMARTS) is 1. The molecule has 0 amide bonds. The molecule has 0 aliphatic heterocycles. The Labute approximate surface area is 125 Å². The quantitative estimate of drug-likeness (QED) is 0.807. The molecule has 1 aliphatic rings. The second-order valence-corrected chi connectivity index (χ2v) is 7.92. The zero-order chi connectivity index (χ0) is 15.7. The average Bonchev–Trinajstić information content (AvgIpc) is 3.18. The molecule has 0 atom stereocenters. The summed E-state index contributed by atoms with van der Waals surface area (Å²) in [4.78, 5) is 11.2. The minimum atomic E-state index is -3.65. The summed E-state index contributed by atoms with van der Waals surface area (Å²) in [5.74, 6) is -0.423. The number of carbonyl (C=O) groups is 1. The molecular weight excluding hydrogens is 290 g/mol. The van der Waals surface area contributed by atoms with E-state index >= 15 is 0 Å². The summed E-state index contributed by atoms with van der Waals surface area (Å²) in [7, 11) is -3.65. The van der Waals surface area contributed by atoms with E-state index in [2.05, 4.69) is 18.6 Å². The zero-order valence-corrected chi connectivity index (χ0v) is 13.1. The fourth-order valence-electron chi connectivity index (χ4n) is 2.21. The minimum Gasteiger partial charge on any atom is -0.481 e. The van der Waals surface area contributed by atoms with Crippen LogP contribution in [0.5, 0.6) is 0 Å². The van der Waals surface area contributed by atoms with E-state index in [-0.39, 0.29) is 11.4 Å². The van der Waals surface area contributed by atoms with Gasteiger partial charge in [-0.2, -0.15) is 0 Å². The molecule has 1 aromatic carbocycles. The summed E-state index contributed by atoms with van der Waals surface area (Å²) in [6, 6.07) is 6.75. The highest BCUT2D eigenvalue weighted by atomic mass is 32.2. The molecule has 5 nitrogen and oxygen atoms in total. The Morgan fingerprint density at radius 2 is 1.86 bits per heavy atom. The van der Waals surface area contributed by atoms with Crippen LogP contribution >= 0.6 is 0 Å². The van der Waals surface area contributed by atoms with Gasteiger partial charge in [0, 0.05) is 6.54 Å². The van der Waals surface area contributed by atoms with Crippen LogP contribution in [0.4, 0.5) is 0 Å². The Morgan fingerprint density at radius 1 is 1.29 bits per heavy atom. The van der Waals surface area contributed by atoms with E-state index in [4.69, 9.17) is 5.11 Å². The van der Waals surface area contributed by atoms with Crippen molar-refractivity contribution >= 4 is 16.0 Å². The van der Waals surface area contributed by atoms with Gasteiger partial charge in [-0.05, 0) is 42.9 Å². The molecule has 0 saturated heterocycles. The summed E-state index contributed by atoms with van der Waals surface area (Å²) >= 11 is 0. The summed E-state index contributed by atoms with van der Waals surface area (Å²) in [6.45, 7) is 4.17. The molecule has 116 valence electrons. The molecule has 0 heterocycles. The van der Waals surface area contributed by atoms with Crippen LogP contribution in [0.1, 0.15) is 32.3 Å². The van der Waals surface area contributed by atoms with Crippen LogP contribution in [0.25, 0.3) is 0 Å². The first-order valence-electron chi connectivity index (χ1n) is 7.07. The number of sulfonamides is 1. The number of benzene rings is 1. The van der Waals surface area contributed by atoms with Gasteiger partial charge in [0.25, 0.3) is 0 Å². The van der Waals surface area contributed by atoms with Crippen LogP contribution in [-0.4, -0.2) is 26.0 Å². The lowest BCUT2D eigenvalue weighted by molar-refractivity contribution is -0.143. The Kier molecular flexibility index (Phi) is 4.39. The van der Waals surface area contributed by atoms with Crippen LogP contribution in [0, 0.1) is 11.3 Å². The molecule has 1 aliphatic carbocycles. The van der Waals surface area contributed by atoms with Crippen molar-refractivity contribution in [3.8, 4) is 0 Å². The Bertz CT molecular complexity index is 616. The van der Waals surface area contributed by atoms with Crippen molar-refractivity contribution in [2.45, 2.75) is 38.0 Å². The van der Waals surface area contributed by atoms with E-state index in [9.17, 15) is 13.2 Å². The highest BCUT2D eigenvalue weighted by Gasteiger charge is 2.50. The predicted molar refractivity (Wildman–Crippen MR) is 79.5 cm³/mol. The van der Waals surface area contributed by atoms with E-state index in [0.29, 0.717) is 18.8 Å². The van der Waals surface area contributed by atoms with Crippen LogP contribution in [0.15, 0.2) is 29.2 Å². The van der Waals surface area contributed by atoms with E-state index in [1.54, 1.807) is 24.3 Å². The third kappa shape index (κ3) is 3.83. The molecule has 2 rings (SSSR count). The molecule has 21 heavy (non-hydrogen) atoms. The molecule has 6 heteroatoms. The Hall–Kier alpha value is -1.40. The predicted octanol–water partition coefficient (Wildman–Crippen LogP) is 2.03. The normalized spacial score (nSPS) is 16.9. The average molecular weight is 311 g/mol. The number of hydrogen-bond acceptors (Lipinski definition) is 3. The lowest BCUT2D eigenvalue weighted by atomic mass is 10.0. The highest BCUT2D eigenvalue weighted by Crippen LogP contribution is 2.45. The van der Waals surface area contributed by atoms with Crippen LogP contribution < -0.4 is 4.72 Å². The van der Waals surface area contributed by atoms with Crippen molar-refractivity contribution in [1.82, 2.24) is 4.72 Å². The van der Waals surface area contributed by atoms with E-state index < -0.39 is 21.4 Å². The third-order valence-corrected chi connectivity index (χ3v) is 5.20. The maximum Gasteiger partial charge on any atom is 0.310 e. The molecule has 0 spiro atoms. The molecule has 0 radical (unpaired) electrons. The van der Waals surface area contributed by atoms with Gasteiger partial charge >= 0.3 is 5.97 Å². The van der Waals surface area contributed by atoms with Gasteiger partial charge in [-0.15, -0.1) is 0 Å².